The van der Waals surface area contributed by atoms with Crippen molar-refractivity contribution in [2.45, 2.75) is 26.9 Å². The summed E-state index contributed by atoms with van der Waals surface area (Å²) < 4.78 is 16.4. The largest absolute Gasteiger partial charge is 0.497 e. The number of ether oxygens (including phenoxy) is 3. The molecule has 2 aromatic carbocycles. The molecule has 29 heavy (non-hydrogen) atoms. The van der Waals surface area contributed by atoms with Crippen molar-refractivity contribution in [2.24, 2.45) is 5.92 Å². The molecule has 7 heteroatoms. The molecule has 0 aliphatic carbocycles. The summed E-state index contributed by atoms with van der Waals surface area (Å²) in [5.74, 6) is 1.69. The van der Waals surface area contributed by atoms with Crippen molar-refractivity contribution in [2.75, 3.05) is 26.1 Å². The SMILES string of the molecule is COc1ccc(CN2Cc3cc(NC(=O)C(C)C)ccc3OCC2=O)c(OC)c1. The van der Waals surface area contributed by atoms with Crippen molar-refractivity contribution in [1.29, 1.82) is 0 Å². The molecule has 0 bridgehead atoms. The van der Waals surface area contributed by atoms with E-state index < -0.39 is 0 Å². The number of methoxy groups -OCH3 is 2. The summed E-state index contributed by atoms with van der Waals surface area (Å²) in [6, 6.07) is 10.9. The second kappa shape index (κ2) is 8.86. The third-order valence-corrected chi connectivity index (χ3v) is 4.77. The number of rotatable bonds is 6. The Balaban J connectivity index is 1.83. The van der Waals surface area contributed by atoms with Crippen LogP contribution in [0, 0.1) is 5.92 Å². The first-order chi connectivity index (χ1) is 13.9. The summed E-state index contributed by atoms with van der Waals surface area (Å²) in [6.45, 7) is 4.38. The Morgan fingerprint density at radius 2 is 1.97 bits per heavy atom. The summed E-state index contributed by atoms with van der Waals surface area (Å²) in [5.41, 5.74) is 2.39. The Bertz CT molecular complexity index is 910. The molecule has 0 aromatic heterocycles. The topological polar surface area (TPSA) is 77.1 Å². The molecule has 2 aromatic rings. The molecule has 1 heterocycles. The van der Waals surface area contributed by atoms with E-state index >= 15 is 0 Å². The lowest BCUT2D eigenvalue weighted by Crippen LogP contribution is -2.32. The molecule has 0 fully saturated rings. The van der Waals surface area contributed by atoms with Gasteiger partial charge in [-0.2, -0.15) is 0 Å². The quantitative estimate of drug-likeness (QED) is 0.809. The zero-order chi connectivity index (χ0) is 21.0. The number of benzene rings is 2. The van der Waals surface area contributed by atoms with Crippen molar-refractivity contribution in [3.8, 4) is 17.2 Å². The highest BCUT2D eigenvalue weighted by Crippen LogP contribution is 2.30. The van der Waals surface area contributed by atoms with Crippen LogP contribution in [0.4, 0.5) is 5.69 Å². The second-order valence-corrected chi connectivity index (χ2v) is 7.18. The Morgan fingerprint density at radius 3 is 2.66 bits per heavy atom. The zero-order valence-electron chi connectivity index (χ0n) is 17.2. The van der Waals surface area contributed by atoms with Crippen LogP contribution in [0.5, 0.6) is 17.2 Å². The van der Waals surface area contributed by atoms with Gasteiger partial charge in [0.25, 0.3) is 5.91 Å². The lowest BCUT2D eigenvalue weighted by molar-refractivity contribution is -0.133. The Morgan fingerprint density at radius 1 is 1.17 bits per heavy atom. The standard InChI is InChI=1S/C22H26N2O5/c1-14(2)22(26)23-17-6-8-19-16(9-17)12-24(21(25)13-29-19)11-15-5-7-18(27-3)10-20(15)28-4/h5-10,14H,11-13H2,1-4H3,(H,23,26). The van der Waals surface area contributed by atoms with Gasteiger partial charge >= 0.3 is 0 Å². The summed E-state index contributed by atoms with van der Waals surface area (Å²) in [4.78, 5) is 26.3. The fraction of sp³-hybridized carbons (Fsp3) is 0.364. The van der Waals surface area contributed by atoms with E-state index in [1.807, 2.05) is 32.0 Å². The molecule has 0 radical (unpaired) electrons. The van der Waals surface area contributed by atoms with Gasteiger partial charge in [0.2, 0.25) is 5.91 Å². The van der Waals surface area contributed by atoms with Gasteiger partial charge in [0.05, 0.1) is 14.2 Å². The van der Waals surface area contributed by atoms with E-state index in [-0.39, 0.29) is 24.3 Å². The van der Waals surface area contributed by atoms with Crippen molar-refractivity contribution in [3.63, 3.8) is 0 Å². The molecule has 154 valence electrons. The normalized spacial score (nSPS) is 13.4. The number of carbonyl (C=O) groups is 2. The van der Waals surface area contributed by atoms with E-state index in [9.17, 15) is 9.59 Å². The predicted molar refractivity (Wildman–Crippen MR) is 109 cm³/mol. The molecule has 0 spiro atoms. The first kappa shape index (κ1) is 20.5. The summed E-state index contributed by atoms with van der Waals surface area (Å²) in [5, 5.41) is 2.89. The lowest BCUT2D eigenvalue weighted by Gasteiger charge is -2.22. The van der Waals surface area contributed by atoms with Gasteiger partial charge in [-0.05, 0) is 30.3 Å². The highest BCUT2D eigenvalue weighted by atomic mass is 16.5. The molecule has 0 saturated heterocycles. The van der Waals surface area contributed by atoms with Crippen LogP contribution in [0.2, 0.25) is 0 Å². The van der Waals surface area contributed by atoms with Crippen LogP contribution in [-0.2, 0) is 22.7 Å². The third-order valence-electron chi connectivity index (χ3n) is 4.77. The summed E-state index contributed by atoms with van der Waals surface area (Å²) in [6.07, 6.45) is 0. The van der Waals surface area contributed by atoms with Gasteiger partial charge < -0.3 is 24.4 Å². The maximum Gasteiger partial charge on any atom is 0.261 e. The minimum Gasteiger partial charge on any atom is -0.497 e. The molecule has 7 nitrogen and oxygen atoms in total. The van der Waals surface area contributed by atoms with E-state index in [2.05, 4.69) is 5.32 Å². The van der Waals surface area contributed by atoms with Gasteiger partial charge in [0.15, 0.2) is 6.61 Å². The van der Waals surface area contributed by atoms with Gasteiger partial charge in [-0.1, -0.05) is 13.8 Å². The van der Waals surface area contributed by atoms with Crippen molar-refractivity contribution >= 4 is 17.5 Å². The van der Waals surface area contributed by atoms with Gasteiger partial charge in [-0.25, -0.2) is 0 Å². The fourth-order valence-corrected chi connectivity index (χ4v) is 3.06. The minimum absolute atomic E-state index is 0.0385. The van der Waals surface area contributed by atoms with Crippen molar-refractivity contribution < 1.29 is 23.8 Å². The number of hydrogen-bond acceptors (Lipinski definition) is 5. The van der Waals surface area contributed by atoms with Gasteiger partial charge in [0, 0.05) is 41.9 Å². The first-order valence-electron chi connectivity index (χ1n) is 9.46. The highest BCUT2D eigenvalue weighted by molar-refractivity contribution is 5.92. The molecule has 3 rings (SSSR count). The van der Waals surface area contributed by atoms with E-state index in [1.54, 1.807) is 37.3 Å². The number of nitrogens with zero attached hydrogens (tertiary/aromatic N) is 1. The molecule has 0 saturated carbocycles. The Labute approximate surface area is 170 Å². The van der Waals surface area contributed by atoms with E-state index in [1.165, 1.54) is 0 Å². The van der Waals surface area contributed by atoms with E-state index in [4.69, 9.17) is 14.2 Å². The summed E-state index contributed by atoms with van der Waals surface area (Å²) >= 11 is 0. The first-order valence-corrected chi connectivity index (χ1v) is 9.46. The number of amides is 2. The molecule has 1 aliphatic rings. The van der Waals surface area contributed by atoms with Crippen LogP contribution < -0.4 is 19.5 Å². The molecule has 0 unspecified atom stereocenters. The average Bonchev–Trinajstić information content (AvgIpc) is 2.86. The molecule has 0 atom stereocenters. The van der Waals surface area contributed by atoms with Crippen LogP contribution in [-0.4, -0.2) is 37.5 Å². The molecular weight excluding hydrogens is 372 g/mol. The number of nitrogens with one attached hydrogen (secondary N) is 1. The number of fused-ring (bicyclic) bond motifs is 1. The molecular formula is C22H26N2O5. The predicted octanol–water partition coefficient (Wildman–Crippen LogP) is 3.22. The Kier molecular flexibility index (Phi) is 6.26. The van der Waals surface area contributed by atoms with Crippen LogP contribution in [0.15, 0.2) is 36.4 Å². The van der Waals surface area contributed by atoms with Crippen LogP contribution in [0.3, 0.4) is 0 Å². The van der Waals surface area contributed by atoms with E-state index in [0.29, 0.717) is 36.0 Å². The average molecular weight is 398 g/mol. The molecule has 2 amide bonds. The van der Waals surface area contributed by atoms with Crippen LogP contribution in [0.1, 0.15) is 25.0 Å². The van der Waals surface area contributed by atoms with Gasteiger partial charge in [-0.15, -0.1) is 0 Å². The molecule has 1 N–H and O–H groups in total. The second-order valence-electron chi connectivity index (χ2n) is 7.18. The van der Waals surface area contributed by atoms with Crippen molar-refractivity contribution in [3.05, 3.63) is 47.5 Å². The fourth-order valence-electron chi connectivity index (χ4n) is 3.06. The van der Waals surface area contributed by atoms with Crippen LogP contribution in [0.25, 0.3) is 0 Å². The Hall–Kier alpha value is -3.22. The smallest absolute Gasteiger partial charge is 0.261 e. The highest BCUT2D eigenvalue weighted by Gasteiger charge is 2.23. The third kappa shape index (κ3) is 4.80. The number of hydrogen-bond donors (Lipinski definition) is 1. The van der Waals surface area contributed by atoms with Crippen LogP contribution >= 0.6 is 0 Å². The summed E-state index contributed by atoms with van der Waals surface area (Å²) in [7, 11) is 3.18. The number of anilines is 1. The molecule has 1 aliphatic heterocycles. The maximum atomic E-state index is 12.6. The zero-order valence-corrected chi connectivity index (χ0v) is 17.2. The van der Waals surface area contributed by atoms with Gasteiger partial charge in [0.1, 0.15) is 17.2 Å². The van der Waals surface area contributed by atoms with Crippen molar-refractivity contribution in [1.82, 2.24) is 4.90 Å². The number of carbonyl (C=O) groups excluding carboxylic acids is 2. The van der Waals surface area contributed by atoms with Gasteiger partial charge in [-0.3, -0.25) is 9.59 Å². The minimum atomic E-state index is -0.120. The monoisotopic (exact) mass is 398 g/mol. The lowest BCUT2D eigenvalue weighted by atomic mass is 10.1. The maximum absolute atomic E-state index is 12.6. The van der Waals surface area contributed by atoms with E-state index in [0.717, 1.165) is 11.1 Å².